The van der Waals surface area contributed by atoms with Gasteiger partial charge in [0.15, 0.2) is 0 Å². The summed E-state index contributed by atoms with van der Waals surface area (Å²) in [5.74, 6) is 0. The van der Waals surface area contributed by atoms with Gasteiger partial charge in [-0.3, -0.25) is 0 Å². The van der Waals surface area contributed by atoms with Crippen LogP contribution in [0.25, 0.3) is 5.69 Å². The van der Waals surface area contributed by atoms with Crippen LogP contribution in [0.2, 0.25) is 10.0 Å². The van der Waals surface area contributed by atoms with Gasteiger partial charge < -0.3 is 0 Å². The van der Waals surface area contributed by atoms with Crippen LogP contribution in [-0.4, -0.2) is 9.78 Å². The van der Waals surface area contributed by atoms with E-state index in [-0.39, 0.29) is 0 Å². The maximum Gasteiger partial charge on any atom is 0.0793 e. The maximum absolute atomic E-state index is 8.63. The molecule has 1 aromatic carbocycles. The standard InChI is InChI=1S/C12H9Cl2N3/c1-8-6-9(4-5-15)16-17(8)10-2-3-11(13)12(14)7-10/h2-3,6-7H,4H2,1H3. The van der Waals surface area contributed by atoms with Crippen molar-refractivity contribution in [1.82, 2.24) is 9.78 Å². The van der Waals surface area contributed by atoms with Gasteiger partial charge in [0.25, 0.3) is 0 Å². The van der Waals surface area contributed by atoms with Crippen molar-refractivity contribution in [3.63, 3.8) is 0 Å². The third-order valence-electron chi connectivity index (χ3n) is 2.35. The summed E-state index contributed by atoms with van der Waals surface area (Å²) >= 11 is 11.8. The molecule has 0 N–H and O–H groups in total. The van der Waals surface area contributed by atoms with Gasteiger partial charge in [0.05, 0.1) is 33.9 Å². The number of halogens is 2. The number of hydrogen-bond donors (Lipinski definition) is 0. The van der Waals surface area contributed by atoms with Gasteiger partial charge in [-0.05, 0) is 31.2 Å². The second kappa shape index (κ2) is 4.79. The number of nitriles is 1. The highest BCUT2D eigenvalue weighted by Gasteiger charge is 2.07. The molecular weight excluding hydrogens is 257 g/mol. The van der Waals surface area contributed by atoms with Gasteiger partial charge in [-0.25, -0.2) is 4.68 Å². The van der Waals surface area contributed by atoms with Crippen LogP contribution in [0.15, 0.2) is 24.3 Å². The zero-order chi connectivity index (χ0) is 12.4. The van der Waals surface area contributed by atoms with Crippen molar-refractivity contribution in [2.45, 2.75) is 13.3 Å². The Balaban J connectivity index is 2.46. The van der Waals surface area contributed by atoms with Gasteiger partial charge in [-0.1, -0.05) is 23.2 Å². The SMILES string of the molecule is Cc1cc(CC#N)nn1-c1ccc(Cl)c(Cl)c1. The van der Waals surface area contributed by atoms with E-state index in [1.165, 1.54) is 0 Å². The fourth-order valence-corrected chi connectivity index (χ4v) is 1.88. The summed E-state index contributed by atoms with van der Waals surface area (Å²) in [7, 11) is 0. The first-order chi connectivity index (χ1) is 8.11. The molecule has 0 aliphatic rings. The summed E-state index contributed by atoms with van der Waals surface area (Å²) in [4.78, 5) is 0. The van der Waals surface area contributed by atoms with E-state index >= 15 is 0 Å². The number of benzene rings is 1. The molecule has 0 fully saturated rings. The number of aromatic nitrogens is 2. The molecule has 2 aromatic rings. The average molecular weight is 266 g/mol. The third kappa shape index (κ3) is 2.44. The number of nitrogens with zero attached hydrogens (tertiary/aromatic N) is 3. The second-order valence-corrected chi connectivity index (χ2v) is 4.44. The quantitative estimate of drug-likeness (QED) is 0.834. The summed E-state index contributed by atoms with van der Waals surface area (Å²) in [6.45, 7) is 1.93. The molecule has 0 spiro atoms. The Morgan fingerprint density at radius 2 is 2.06 bits per heavy atom. The summed E-state index contributed by atoms with van der Waals surface area (Å²) in [5.41, 5.74) is 2.53. The maximum atomic E-state index is 8.63. The fraction of sp³-hybridized carbons (Fsp3) is 0.167. The number of hydrogen-bond acceptors (Lipinski definition) is 2. The molecule has 5 heteroatoms. The molecule has 0 amide bonds. The largest absolute Gasteiger partial charge is 0.238 e. The number of rotatable bonds is 2. The molecule has 0 saturated heterocycles. The van der Waals surface area contributed by atoms with Crippen molar-refractivity contribution in [3.05, 3.63) is 45.7 Å². The second-order valence-electron chi connectivity index (χ2n) is 3.62. The van der Waals surface area contributed by atoms with E-state index in [0.29, 0.717) is 16.5 Å². The predicted molar refractivity (Wildman–Crippen MR) is 67.6 cm³/mol. The first kappa shape index (κ1) is 12.0. The first-order valence-corrected chi connectivity index (χ1v) is 5.75. The monoisotopic (exact) mass is 265 g/mol. The van der Waals surface area contributed by atoms with E-state index in [0.717, 1.165) is 17.1 Å². The topological polar surface area (TPSA) is 41.6 Å². The normalized spacial score (nSPS) is 10.2. The molecule has 0 unspecified atom stereocenters. The van der Waals surface area contributed by atoms with Crippen LogP contribution in [0, 0.1) is 18.3 Å². The average Bonchev–Trinajstić information content (AvgIpc) is 2.64. The van der Waals surface area contributed by atoms with Gasteiger partial charge in [0.2, 0.25) is 0 Å². The minimum Gasteiger partial charge on any atom is -0.238 e. The number of aryl methyl sites for hydroxylation is 1. The molecule has 0 saturated carbocycles. The van der Waals surface area contributed by atoms with Crippen molar-refractivity contribution in [3.8, 4) is 11.8 Å². The van der Waals surface area contributed by atoms with Crippen LogP contribution in [0.5, 0.6) is 0 Å². The van der Waals surface area contributed by atoms with Crippen molar-refractivity contribution in [2.75, 3.05) is 0 Å². The smallest absolute Gasteiger partial charge is 0.0793 e. The Hall–Kier alpha value is -1.50. The molecule has 0 aliphatic heterocycles. The highest BCUT2D eigenvalue weighted by molar-refractivity contribution is 6.42. The van der Waals surface area contributed by atoms with Gasteiger partial charge in [0.1, 0.15) is 0 Å². The van der Waals surface area contributed by atoms with Gasteiger partial charge in [0, 0.05) is 5.69 Å². The van der Waals surface area contributed by atoms with Crippen molar-refractivity contribution < 1.29 is 0 Å². The lowest BCUT2D eigenvalue weighted by Gasteiger charge is -2.05. The van der Waals surface area contributed by atoms with Crippen LogP contribution >= 0.6 is 23.2 Å². The van der Waals surface area contributed by atoms with E-state index in [2.05, 4.69) is 11.2 Å². The molecule has 2 rings (SSSR count). The molecule has 0 aliphatic carbocycles. The van der Waals surface area contributed by atoms with Crippen LogP contribution in [-0.2, 0) is 6.42 Å². The predicted octanol–water partition coefficient (Wildman–Crippen LogP) is 3.55. The summed E-state index contributed by atoms with van der Waals surface area (Å²) in [5, 5.41) is 14.0. The lowest BCUT2D eigenvalue weighted by molar-refractivity contribution is 0.826. The summed E-state index contributed by atoms with van der Waals surface area (Å²) < 4.78 is 1.74. The van der Waals surface area contributed by atoms with Gasteiger partial charge in [-0.15, -0.1) is 0 Å². The Bertz CT molecular complexity index is 596. The summed E-state index contributed by atoms with van der Waals surface area (Å²) in [6, 6.07) is 9.27. The lowest BCUT2D eigenvalue weighted by Crippen LogP contribution is -1.99. The van der Waals surface area contributed by atoms with Crippen molar-refractivity contribution in [2.24, 2.45) is 0 Å². The van der Waals surface area contributed by atoms with Crippen LogP contribution in [0.4, 0.5) is 0 Å². The minimum absolute atomic E-state index is 0.301. The Morgan fingerprint density at radius 3 is 2.71 bits per heavy atom. The molecule has 0 radical (unpaired) electrons. The molecule has 3 nitrogen and oxygen atoms in total. The zero-order valence-corrected chi connectivity index (χ0v) is 10.6. The molecule has 0 bridgehead atoms. The van der Waals surface area contributed by atoms with Gasteiger partial charge >= 0.3 is 0 Å². The molecular formula is C12H9Cl2N3. The molecule has 86 valence electrons. The molecule has 17 heavy (non-hydrogen) atoms. The summed E-state index contributed by atoms with van der Waals surface area (Å²) in [6.07, 6.45) is 0.301. The van der Waals surface area contributed by atoms with E-state index < -0.39 is 0 Å². The minimum atomic E-state index is 0.301. The van der Waals surface area contributed by atoms with Crippen LogP contribution in [0.1, 0.15) is 11.4 Å². The molecule has 0 atom stereocenters. The lowest BCUT2D eigenvalue weighted by atomic mass is 10.3. The Morgan fingerprint density at radius 1 is 1.29 bits per heavy atom. The third-order valence-corrected chi connectivity index (χ3v) is 3.08. The van der Waals surface area contributed by atoms with E-state index in [9.17, 15) is 0 Å². The van der Waals surface area contributed by atoms with Crippen LogP contribution in [0.3, 0.4) is 0 Å². The van der Waals surface area contributed by atoms with Crippen LogP contribution < -0.4 is 0 Å². The first-order valence-electron chi connectivity index (χ1n) is 4.99. The highest BCUT2D eigenvalue weighted by atomic mass is 35.5. The van der Waals surface area contributed by atoms with E-state index in [1.54, 1.807) is 16.8 Å². The molecule has 1 aromatic heterocycles. The highest BCUT2D eigenvalue weighted by Crippen LogP contribution is 2.25. The van der Waals surface area contributed by atoms with Gasteiger partial charge in [-0.2, -0.15) is 10.4 Å². The molecule has 1 heterocycles. The Labute approximate surface area is 109 Å². The van der Waals surface area contributed by atoms with Crippen molar-refractivity contribution >= 4 is 23.2 Å². The zero-order valence-electron chi connectivity index (χ0n) is 9.11. The van der Waals surface area contributed by atoms with E-state index in [1.807, 2.05) is 19.1 Å². The van der Waals surface area contributed by atoms with E-state index in [4.69, 9.17) is 28.5 Å². The fourth-order valence-electron chi connectivity index (χ4n) is 1.58. The van der Waals surface area contributed by atoms with Crippen molar-refractivity contribution in [1.29, 1.82) is 5.26 Å². The Kier molecular flexibility index (Phi) is 3.37.